The summed E-state index contributed by atoms with van der Waals surface area (Å²) in [4.78, 5) is 0. The van der Waals surface area contributed by atoms with E-state index in [1.165, 1.54) is 0 Å². The summed E-state index contributed by atoms with van der Waals surface area (Å²) in [6, 6.07) is 2.82. The van der Waals surface area contributed by atoms with Crippen molar-refractivity contribution in [2.24, 2.45) is 10.9 Å². The summed E-state index contributed by atoms with van der Waals surface area (Å²) in [6.07, 6.45) is 0. The summed E-state index contributed by atoms with van der Waals surface area (Å²) in [5.74, 6) is -2.27. The SMILES string of the molecule is Cc1nnc(Oc2ccc(F)cc2F)c(/C(N)=N/O)c1C. The van der Waals surface area contributed by atoms with Crippen molar-refractivity contribution < 1.29 is 18.7 Å². The molecule has 1 aromatic carbocycles. The maximum absolute atomic E-state index is 13.6. The number of nitrogens with zero attached hydrogens (tertiary/aromatic N) is 3. The minimum atomic E-state index is -0.902. The molecule has 0 saturated carbocycles. The first kappa shape index (κ1) is 14.6. The van der Waals surface area contributed by atoms with Crippen LogP contribution >= 0.6 is 0 Å². The van der Waals surface area contributed by atoms with Gasteiger partial charge < -0.3 is 15.7 Å². The number of hydrogen-bond acceptors (Lipinski definition) is 5. The van der Waals surface area contributed by atoms with E-state index in [9.17, 15) is 8.78 Å². The molecular formula is C13H12F2N4O2. The average molecular weight is 294 g/mol. The molecule has 8 heteroatoms. The van der Waals surface area contributed by atoms with Gasteiger partial charge >= 0.3 is 0 Å². The van der Waals surface area contributed by atoms with E-state index in [0.717, 1.165) is 12.1 Å². The highest BCUT2D eigenvalue weighted by Gasteiger charge is 2.18. The van der Waals surface area contributed by atoms with Crippen LogP contribution in [0.3, 0.4) is 0 Å². The smallest absolute Gasteiger partial charge is 0.250 e. The van der Waals surface area contributed by atoms with E-state index in [-0.39, 0.29) is 23.0 Å². The molecule has 1 heterocycles. The Labute approximate surface area is 118 Å². The number of nitrogens with two attached hydrogens (primary N) is 1. The Morgan fingerprint density at radius 1 is 1.29 bits per heavy atom. The molecule has 0 amide bonds. The van der Waals surface area contributed by atoms with Crippen LogP contribution in [0.1, 0.15) is 16.8 Å². The highest BCUT2D eigenvalue weighted by molar-refractivity contribution is 6.00. The number of rotatable bonds is 3. The van der Waals surface area contributed by atoms with Crippen LogP contribution in [0.15, 0.2) is 23.4 Å². The summed E-state index contributed by atoms with van der Waals surface area (Å²) in [6.45, 7) is 3.35. The van der Waals surface area contributed by atoms with Crippen molar-refractivity contribution in [2.75, 3.05) is 0 Å². The molecule has 110 valence electrons. The number of amidine groups is 1. The lowest BCUT2D eigenvalue weighted by atomic mass is 10.1. The Morgan fingerprint density at radius 2 is 2.00 bits per heavy atom. The Morgan fingerprint density at radius 3 is 2.62 bits per heavy atom. The molecule has 0 aliphatic rings. The molecule has 0 bridgehead atoms. The monoisotopic (exact) mass is 294 g/mol. The number of hydrogen-bond donors (Lipinski definition) is 2. The van der Waals surface area contributed by atoms with Gasteiger partial charge in [0, 0.05) is 6.07 Å². The molecule has 0 radical (unpaired) electrons. The highest BCUT2D eigenvalue weighted by atomic mass is 19.1. The van der Waals surface area contributed by atoms with Crippen LogP contribution in [0.25, 0.3) is 0 Å². The number of ether oxygens (including phenoxy) is 1. The molecule has 0 spiro atoms. The predicted molar refractivity (Wildman–Crippen MR) is 70.4 cm³/mol. The van der Waals surface area contributed by atoms with Gasteiger partial charge in [0.1, 0.15) is 5.82 Å². The molecule has 21 heavy (non-hydrogen) atoms. The minimum Gasteiger partial charge on any atom is -0.434 e. The quantitative estimate of drug-likeness (QED) is 0.392. The lowest BCUT2D eigenvalue weighted by Gasteiger charge is -2.12. The molecule has 0 aliphatic carbocycles. The number of benzene rings is 1. The zero-order chi connectivity index (χ0) is 15.6. The van der Waals surface area contributed by atoms with Gasteiger partial charge in [0.25, 0.3) is 0 Å². The second kappa shape index (κ2) is 5.70. The van der Waals surface area contributed by atoms with Gasteiger partial charge in [-0.1, -0.05) is 5.16 Å². The Balaban J connectivity index is 2.52. The first-order chi connectivity index (χ1) is 9.93. The van der Waals surface area contributed by atoms with E-state index in [1.807, 2.05) is 0 Å². The van der Waals surface area contributed by atoms with E-state index in [1.54, 1.807) is 13.8 Å². The van der Waals surface area contributed by atoms with Gasteiger partial charge in [0.05, 0.1) is 11.3 Å². The summed E-state index contributed by atoms with van der Waals surface area (Å²) in [5, 5.41) is 19.3. The zero-order valence-corrected chi connectivity index (χ0v) is 11.3. The summed E-state index contributed by atoms with van der Waals surface area (Å²) < 4.78 is 31.7. The standard InChI is InChI=1S/C13H12F2N4O2/c1-6-7(2)17-18-13(11(6)12(16)19-20)21-10-4-3-8(14)5-9(10)15/h3-5,20H,1-2H3,(H2,16,19). The van der Waals surface area contributed by atoms with E-state index in [0.29, 0.717) is 17.3 Å². The van der Waals surface area contributed by atoms with Crippen molar-refractivity contribution in [1.82, 2.24) is 10.2 Å². The molecule has 2 aromatic rings. The van der Waals surface area contributed by atoms with Crippen LogP contribution in [-0.4, -0.2) is 21.2 Å². The number of halogens is 2. The second-order valence-corrected chi connectivity index (χ2v) is 4.25. The fraction of sp³-hybridized carbons (Fsp3) is 0.154. The van der Waals surface area contributed by atoms with Gasteiger partial charge in [-0.15, -0.1) is 5.10 Å². The van der Waals surface area contributed by atoms with Crippen LogP contribution < -0.4 is 10.5 Å². The maximum atomic E-state index is 13.6. The van der Waals surface area contributed by atoms with Crippen molar-refractivity contribution >= 4 is 5.84 Å². The number of oxime groups is 1. The lowest BCUT2D eigenvalue weighted by Crippen LogP contribution is -2.18. The van der Waals surface area contributed by atoms with Crippen molar-refractivity contribution in [3.8, 4) is 11.6 Å². The normalized spacial score (nSPS) is 11.5. The van der Waals surface area contributed by atoms with Crippen LogP contribution in [0.5, 0.6) is 11.6 Å². The molecule has 2 rings (SSSR count). The third-order valence-corrected chi connectivity index (χ3v) is 2.89. The minimum absolute atomic E-state index is 0.140. The number of aryl methyl sites for hydroxylation is 1. The second-order valence-electron chi connectivity index (χ2n) is 4.25. The van der Waals surface area contributed by atoms with Crippen LogP contribution in [0, 0.1) is 25.5 Å². The summed E-state index contributed by atoms with van der Waals surface area (Å²) in [7, 11) is 0. The topological polar surface area (TPSA) is 93.6 Å². The molecule has 0 aliphatic heterocycles. The molecular weight excluding hydrogens is 282 g/mol. The fourth-order valence-electron chi connectivity index (χ4n) is 1.67. The van der Waals surface area contributed by atoms with Crippen molar-refractivity contribution in [3.05, 3.63) is 46.7 Å². The van der Waals surface area contributed by atoms with Gasteiger partial charge in [0.2, 0.25) is 5.88 Å². The van der Waals surface area contributed by atoms with E-state index >= 15 is 0 Å². The molecule has 0 unspecified atom stereocenters. The van der Waals surface area contributed by atoms with Gasteiger partial charge in [-0.3, -0.25) is 0 Å². The Hall–Kier alpha value is -2.77. The molecule has 0 fully saturated rings. The van der Waals surface area contributed by atoms with Crippen LogP contribution in [0.2, 0.25) is 0 Å². The van der Waals surface area contributed by atoms with E-state index in [4.69, 9.17) is 15.7 Å². The maximum Gasteiger partial charge on any atom is 0.250 e. The zero-order valence-electron chi connectivity index (χ0n) is 11.3. The molecule has 0 saturated heterocycles. The molecule has 0 atom stereocenters. The predicted octanol–water partition coefficient (Wildman–Crippen LogP) is 2.26. The lowest BCUT2D eigenvalue weighted by molar-refractivity contribution is 0.318. The van der Waals surface area contributed by atoms with Crippen molar-refractivity contribution in [1.29, 1.82) is 0 Å². The van der Waals surface area contributed by atoms with Crippen molar-refractivity contribution in [2.45, 2.75) is 13.8 Å². The van der Waals surface area contributed by atoms with Crippen LogP contribution in [-0.2, 0) is 0 Å². The van der Waals surface area contributed by atoms with Crippen molar-refractivity contribution in [3.63, 3.8) is 0 Å². The first-order valence-corrected chi connectivity index (χ1v) is 5.88. The third kappa shape index (κ3) is 2.88. The average Bonchev–Trinajstić information content (AvgIpc) is 2.45. The molecule has 6 nitrogen and oxygen atoms in total. The number of aromatic nitrogens is 2. The fourth-order valence-corrected chi connectivity index (χ4v) is 1.67. The summed E-state index contributed by atoms with van der Waals surface area (Å²) in [5.41, 5.74) is 6.88. The largest absolute Gasteiger partial charge is 0.434 e. The van der Waals surface area contributed by atoms with Crippen LogP contribution in [0.4, 0.5) is 8.78 Å². The van der Waals surface area contributed by atoms with Gasteiger partial charge in [-0.25, -0.2) is 8.78 Å². The Bertz CT molecular complexity index is 720. The van der Waals surface area contributed by atoms with Gasteiger partial charge in [-0.05, 0) is 31.5 Å². The molecule has 1 aromatic heterocycles. The summed E-state index contributed by atoms with van der Waals surface area (Å²) >= 11 is 0. The Kier molecular flexibility index (Phi) is 3.97. The van der Waals surface area contributed by atoms with Gasteiger partial charge in [-0.2, -0.15) is 5.10 Å². The highest BCUT2D eigenvalue weighted by Crippen LogP contribution is 2.28. The van der Waals surface area contributed by atoms with E-state index in [2.05, 4.69) is 15.4 Å². The molecule has 3 N–H and O–H groups in total. The van der Waals surface area contributed by atoms with E-state index < -0.39 is 11.6 Å². The first-order valence-electron chi connectivity index (χ1n) is 5.88. The van der Waals surface area contributed by atoms with Gasteiger partial charge in [0.15, 0.2) is 17.4 Å². The third-order valence-electron chi connectivity index (χ3n) is 2.89.